The van der Waals surface area contributed by atoms with Crippen molar-refractivity contribution in [1.29, 1.82) is 0 Å². The van der Waals surface area contributed by atoms with E-state index in [2.05, 4.69) is 11.3 Å². The Kier molecular flexibility index (Phi) is 5.27. The first-order valence-corrected chi connectivity index (χ1v) is 3.49. The summed E-state index contributed by atoms with van der Waals surface area (Å²) in [7, 11) is 0. The molecule has 0 amide bonds. The van der Waals surface area contributed by atoms with E-state index in [1.807, 2.05) is 0 Å². The lowest BCUT2D eigenvalue weighted by Crippen LogP contribution is -2.17. The summed E-state index contributed by atoms with van der Waals surface area (Å²) in [4.78, 5) is 10.8. The van der Waals surface area contributed by atoms with Crippen molar-refractivity contribution in [2.45, 2.75) is 12.7 Å². The van der Waals surface area contributed by atoms with Gasteiger partial charge in [0.2, 0.25) is 0 Å². The van der Waals surface area contributed by atoms with E-state index in [0.29, 0.717) is 0 Å². The minimum absolute atomic E-state index is 0.0263. The zero-order chi connectivity index (χ0) is 9.56. The van der Waals surface area contributed by atoms with Crippen LogP contribution in [0, 0.1) is 0 Å². The van der Waals surface area contributed by atoms with Crippen LogP contribution >= 0.6 is 0 Å². The summed E-state index contributed by atoms with van der Waals surface area (Å²) < 4.78 is 4.57. The standard InChI is InChI=1S/C7H13NO4/c1-5(4-6(9)10)7(11)12-3-2-8/h6,9-10H,1-4,8H2. The zero-order valence-electron chi connectivity index (χ0n) is 6.69. The van der Waals surface area contributed by atoms with Gasteiger partial charge in [0.25, 0.3) is 0 Å². The Morgan fingerprint density at radius 1 is 1.58 bits per heavy atom. The molecule has 0 heterocycles. The number of hydrogen-bond acceptors (Lipinski definition) is 5. The van der Waals surface area contributed by atoms with E-state index in [4.69, 9.17) is 15.9 Å². The number of carbonyl (C=O) groups is 1. The second-order valence-corrected chi connectivity index (χ2v) is 2.21. The first-order chi connectivity index (χ1) is 5.57. The molecule has 0 aromatic heterocycles. The molecule has 0 atom stereocenters. The molecule has 0 saturated carbocycles. The molecule has 0 aromatic rings. The number of ether oxygens (including phenoxy) is 1. The van der Waals surface area contributed by atoms with Gasteiger partial charge in [-0.1, -0.05) is 6.58 Å². The summed E-state index contributed by atoms with van der Waals surface area (Å²) in [5.41, 5.74) is 5.10. The van der Waals surface area contributed by atoms with Crippen molar-refractivity contribution in [2.24, 2.45) is 5.73 Å². The Balaban J connectivity index is 3.70. The predicted molar refractivity (Wildman–Crippen MR) is 42.0 cm³/mol. The van der Waals surface area contributed by atoms with Crippen molar-refractivity contribution in [3.63, 3.8) is 0 Å². The van der Waals surface area contributed by atoms with Crippen molar-refractivity contribution >= 4 is 5.97 Å². The second-order valence-electron chi connectivity index (χ2n) is 2.21. The van der Waals surface area contributed by atoms with Crippen molar-refractivity contribution < 1.29 is 19.7 Å². The molecular formula is C7H13NO4. The molecule has 0 rings (SSSR count). The van der Waals surface area contributed by atoms with Crippen LogP contribution in [0.1, 0.15) is 6.42 Å². The molecule has 12 heavy (non-hydrogen) atoms. The first-order valence-electron chi connectivity index (χ1n) is 3.49. The van der Waals surface area contributed by atoms with Gasteiger partial charge in [0.1, 0.15) is 6.61 Å². The molecule has 0 fully saturated rings. The van der Waals surface area contributed by atoms with E-state index in [1.165, 1.54) is 0 Å². The number of hydrogen-bond donors (Lipinski definition) is 3. The lowest BCUT2D eigenvalue weighted by atomic mass is 10.2. The van der Waals surface area contributed by atoms with Gasteiger partial charge in [-0.05, 0) is 0 Å². The van der Waals surface area contributed by atoms with E-state index in [1.54, 1.807) is 0 Å². The third-order valence-electron chi connectivity index (χ3n) is 1.07. The third kappa shape index (κ3) is 4.84. The monoisotopic (exact) mass is 175 g/mol. The van der Waals surface area contributed by atoms with Gasteiger partial charge in [-0.2, -0.15) is 0 Å². The van der Waals surface area contributed by atoms with Crippen LogP contribution in [0.25, 0.3) is 0 Å². The molecule has 0 aromatic carbocycles. The Labute approximate surface area is 70.4 Å². The average molecular weight is 175 g/mol. The van der Waals surface area contributed by atoms with Gasteiger partial charge in [0.15, 0.2) is 6.29 Å². The number of nitrogens with two attached hydrogens (primary N) is 1. The van der Waals surface area contributed by atoms with Gasteiger partial charge in [-0.25, -0.2) is 4.79 Å². The van der Waals surface area contributed by atoms with Crippen LogP contribution in [0.3, 0.4) is 0 Å². The fourth-order valence-electron chi connectivity index (χ4n) is 0.557. The summed E-state index contributed by atoms with van der Waals surface area (Å²) in [6.07, 6.45) is -1.77. The van der Waals surface area contributed by atoms with Crippen LogP contribution < -0.4 is 5.73 Å². The normalized spacial score (nSPS) is 10.0. The molecule has 0 bridgehead atoms. The van der Waals surface area contributed by atoms with Crippen LogP contribution in [-0.2, 0) is 9.53 Å². The Morgan fingerprint density at radius 3 is 2.58 bits per heavy atom. The minimum atomic E-state index is -1.57. The van der Waals surface area contributed by atoms with Gasteiger partial charge >= 0.3 is 5.97 Å². The second kappa shape index (κ2) is 5.70. The Hall–Kier alpha value is -0.910. The summed E-state index contributed by atoms with van der Waals surface area (Å²) >= 11 is 0. The van der Waals surface area contributed by atoms with Gasteiger partial charge in [0, 0.05) is 18.5 Å². The first kappa shape index (κ1) is 11.1. The lowest BCUT2D eigenvalue weighted by molar-refractivity contribution is -0.140. The van der Waals surface area contributed by atoms with Gasteiger partial charge in [-0.3, -0.25) is 0 Å². The van der Waals surface area contributed by atoms with E-state index in [9.17, 15) is 4.79 Å². The molecule has 5 nitrogen and oxygen atoms in total. The number of esters is 1. The molecule has 70 valence electrons. The number of aliphatic hydroxyl groups is 2. The van der Waals surface area contributed by atoms with E-state index < -0.39 is 12.3 Å². The third-order valence-corrected chi connectivity index (χ3v) is 1.07. The maximum absolute atomic E-state index is 10.8. The average Bonchev–Trinajstić information content (AvgIpc) is 1.98. The van der Waals surface area contributed by atoms with E-state index in [0.717, 1.165) is 0 Å². The van der Waals surface area contributed by atoms with Crippen LogP contribution in [0.4, 0.5) is 0 Å². The Bertz CT molecular complexity index is 167. The van der Waals surface area contributed by atoms with Crippen LogP contribution in [0.2, 0.25) is 0 Å². The van der Waals surface area contributed by atoms with Gasteiger partial charge in [-0.15, -0.1) is 0 Å². The summed E-state index contributed by atoms with van der Waals surface area (Å²) in [6, 6.07) is 0. The molecule has 0 aliphatic rings. The van der Waals surface area contributed by atoms with Crippen molar-refractivity contribution in [1.82, 2.24) is 0 Å². The van der Waals surface area contributed by atoms with Crippen molar-refractivity contribution in [3.8, 4) is 0 Å². The van der Waals surface area contributed by atoms with Crippen LogP contribution in [0.5, 0.6) is 0 Å². The highest BCUT2D eigenvalue weighted by Crippen LogP contribution is 2.02. The van der Waals surface area contributed by atoms with Crippen molar-refractivity contribution in [2.75, 3.05) is 13.2 Å². The topological polar surface area (TPSA) is 92.8 Å². The molecule has 0 unspecified atom stereocenters. The summed E-state index contributed by atoms with van der Waals surface area (Å²) in [5.74, 6) is -0.645. The quantitative estimate of drug-likeness (QED) is 0.275. The largest absolute Gasteiger partial charge is 0.461 e. The highest BCUT2D eigenvalue weighted by atomic mass is 16.5. The smallest absolute Gasteiger partial charge is 0.333 e. The molecule has 5 heteroatoms. The van der Waals surface area contributed by atoms with Gasteiger partial charge < -0.3 is 20.7 Å². The van der Waals surface area contributed by atoms with Crippen molar-refractivity contribution in [3.05, 3.63) is 12.2 Å². The van der Waals surface area contributed by atoms with Gasteiger partial charge in [0.05, 0.1) is 0 Å². The van der Waals surface area contributed by atoms with Crippen LogP contribution in [-0.4, -0.2) is 35.6 Å². The van der Waals surface area contributed by atoms with E-state index >= 15 is 0 Å². The number of aliphatic hydroxyl groups excluding tert-OH is 1. The molecule has 0 aliphatic heterocycles. The molecule has 0 radical (unpaired) electrons. The zero-order valence-corrected chi connectivity index (χ0v) is 6.69. The fourth-order valence-corrected chi connectivity index (χ4v) is 0.557. The number of carbonyl (C=O) groups excluding carboxylic acids is 1. The molecule has 0 saturated heterocycles. The highest BCUT2D eigenvalue weighted by molar-refractivity contribution is 5.87. The minimum Gasteiger partial charge on any atom is -0.461 e. The van der Waals surface area contributed by atoms with E-state index in [-0.39, 0.29) is 25.1 Å². The maximum Gasteiger partial charge on any atom is 0.333 e. The maximum atomic E-state index is 10.8. The molecule has 0 aliphatic carbocycles. The molecule has 4 N–H and O–H groups in total. The summed E-state index contributed by atoms with van der Waals surface area (Å²) in [6.45, 7) is 3.66. The molecular weight excluding hydrogens is 162 g/mol. The lowest BCUT2D eigenvalue weighted by Gasteiger charge is -2.06. The Morgan fingerprint density at radius 2 is 2.17 bits per heavy atom. The van der Waals surface area contributed by atoms with Crippen LogP contribution in [0.15, 0.2) is 12.2 Å². The number of rotatable bonds is 5. The molecule has 0 spiro atoms. The fraction of sp³-hybridized carbons (Fsp3) is 0.571. The SMILES string of the molecule is C=C(CC(O)O)C(=O)OCCN. The summed E-state index contributed by atoms with van der Waals surface area (Å²) in [5, 5.41) is 16.9. The highest BCUT2D eigenvalue weighted by Gasteiger charge is 2.10. The predicted octanol–water partition coefficient (Wildman–Crippen LogP) is -1.25.